The minimum atomic E-state index is -0.843. The highest BCUT2D eigenvalue weighted by Gasteiger charge is 2.37. The molecule has 3 N–H and O–H groups in total. The quantitative estimate of drug-likeness (QED) is 0.499. The average molecular weight is 443 g/mol. The van der Waals surface area contributed by atoms with Crippen molar-refractivity contribution in [1.82, 2.24) is 9.97 Å². The Labute approximate surface area is 189 Å². The first-order chi connectivity index (χ1) is 15.2. The monoisotopic (exact) mass is 442 g/mol. The summed E-state index contributed by atoms with van der Waals surface area (Å²) in [5.41, 5.74) is 2.64. The van der Waals surface area contributed by atoms with Crippen molar-refractivity contribution in [3.8, 4) is 6.01 Å². The van der Waals surface area contributed by atoms with Crippen LogP contribution in [0, 0.1) is 0 Å². The van der Waals surface area contributed by atoms with Gasteiger partial charge in [0, 0.05) is 6.54 Å². The van der Waals surface area contributed by atoms with Crippen LogP contribution >= 0.6 is 0 Å². The molecule has 2 heterocycles. The summed E-state index contributed by atoms with van der Waals surface area (Å²) in [6.45, 7) is 8.90. The van der Waals surface area contributed by atoms with Gasteiger partial charge in [0.1, 0.15) is 0 Å². The van der Waals surface area contributed by atoms with Gasteiger partial charge in [0.25, 0.3) is 0 Å². The Balaban J connectivity index is 1.99. The van der Waals surface area contributed by atoms with Gasteiger partial charge in [-0.25, -0.2) is 9.97 Å². The van der Waals surface area contributed by atoms with E-state index in [-0.39, 0.29) is 18.4 Å². The van der Waals surface area contributed by atoms with E-state index < -0.39 is 11.6 Å². The molecule has 2 atom stereocenters. The van der Waals surface area contributed by atoms with Crippen molar-refractivity contribution in [3.63, 3.8) is 0 Å². The molecular weight excluding hydrogens is 408 g/mol. The standard InChI is InChI=1S/C24H34N4O4/c1-5-16(13-22(29)30)17-9-10-20(28-11-7-8-21(28)24(3,4)31)19(12-17)27-18-14-25-23(26-15-18)32-6-2/h9-10,12,14-16,21,27,31H,5-8,11,13H2,1-4H3,(H,29,30)/t16?,21-/m0/s1. The van der Waals surface area contributed by atoms with Gasteiger partial charge in [-0.3, -0.25) is 4.79 Å². The van der Waals surface area contributed by atoms with Crippen LogP contribution in [-0.2, 0) is 4.79 Å². The van der Waals surface area contributed by atoms with Crippen LogP contribution in [0.4, 0.5) is 17.1 Å². The summed E-state index contributed by atoms with van der Waals surface area (Å²) in [5.74, 6) is -0.890. The third-order valence-electron chi connectivity index (χ3n) is 5.96. The van der Waals surface area contributed by atoms with Crippen LogP contribution in [0.15, 0.2) is 30.6 Å². The Morgan fingerprint density at radius 3 is 2.62 bits per heavy atom. The SMILES string of the molecule is CCOc1ncc(Nc2cc(C(CC)CC(=O)O)ccc2N2CCC[C@H]2C(C)(C)O)cn1. The minimum absolute atomic E-state index is 0.00790. The molecule has 0 bridgehead atoms. The number of carboxylic acids is 1. The van der Waals surface area contributed by atoms with Gasteiger partial charge in [0.05, 0.1) is 54.1 Å². The van der Waals surface area contributed by atoms with E-state index in [1.165, 1.54) is 0 Å². The lowest BCUT2D eigenvalue weighted by Gasteiger charge is -2.36. The van der Waals surface area contributed by atoms with E-state index in [0.29, 0.717) is 18.3 Å². The van der Waals surface area contributed by atoms with Gasteiger partial charge in [-0.15, -0.1) is 0 Å². The first kappa shape index (κ1) is 23.8. The van der Waals surface area contributed by atoms with E-state index in [2.05, 4.69) is 20.2 Å². The summed E-state index contributed by atoms with van der Waals surface area (Å²) in [6, 6.07) is 6.36. The Kier molecular flexibility index (Phi) is 7.56. The molecule has 32 heavy (non-hydrogen) atoms. The largest absolute Gasteiger partial charge is 0.481 e. The van der Waals surface area contributed by atoms with Gasteiger partial charge in [0.2, 0.25) is 0 Å². The number of aromatic nitrogens is 2. The van der Waals surface area contributed by atoms with E-state index in [1.54, 1.807) is 12.4 Å². The molecule has 0 amide bonds. The lowest BCUT2D eigenvalue weighted by molar-refractivity contribution is -0.137. The van der Waals surface area contributed by atoms with Gasteiger partial charge < -0.3 is 25.2 Å². The molecule has 0 spiro atoms. The molecule has 1 aliphatic rings. The lowest BCUT2D eigenvalue weighted by Crippen LogP contribution is -2.46. The zero-order valence-electron chi connectivity index (χ0n) is 19.3. The van der Waals surface area contributed by atoms with Gasteiger partial charge in [-0.1, -0.05) is 13.0 Å². The van der Waals surface area contributed by atoms with E-state index in [9.17, 15) is 15.0 Å². The van der Waals surface area contributed by atoms with Crippen molar-refractivity contribution in [2.24, 2.45) is 0 Å². The Bertz CT molecular complexity index is 911. The molecule has 0 aliphatic carbocycles. The molecule has 0 saturated carbocycles. The van der Waals surface area contributed by atoms with Crippen molar-refractivity contribution < 1.29 is 19.7 Å². The maximum Gasteiger partial charge on any atom is 0.316 e. The van der Waals surface area contributed by atoms with Crippen LogP contribution in [0.2, 0.25) is 0 Å². The molecule has 3 rings (SSSR count). The van der Waals surface area contributed by atoms with E-state index >= 15 is 0 Å². The van der Waals surface area contributed by atoms with Gasteiger partial charge in [0.15, 0.2) is 0 Å². The van der Waals surface area contributed by atoms with E-state index in [1.807, 2.05) is 45.9 Å². The average Bonchev–Trinajstić information content (AvgIpc) is 3.24. The highest BCUT2D eigenvalue weighted by atomic mass is 16.5. The highest BCUT2D eigenvalue weighted by molar-refractivity contribution is 5.77. The van der Waals surface area contributed by atoms with Crippen LogP contribution in [0.3, 0.4) is 0 Å². The van der Waals surface area contributed by atoms with Crippen molar-refractivity contribution in [2.75, 3.05) is 23.4 Å². The number of anilines is 3. The molecule has 1 aromatic carbocycles. The Hall–Kier alpha value is -2.87. The molecule has 1 aromatic heterocycles. The molecule has 1 fully saturated rings. The summed E-state index contributed by atoms with van der Waals surface area (Å²) in [5, 5.41) is 23.5. The van der Waals surface area contributed by atoms with Crippen LogP contribution in [-0.4, -0.2) is 50.9 Å². The predicted octanol–water partition coefficient (Wildman–Crippen LogP) is 4.33. The first-order valence-electron chi connectivity index (χ1n) is 11.3. The Morgan fingerprint density at radius 1 is 1.31 bits per heavy atom. The fourth-order valence-electron chi connectivity index (χ4n) is 4.40. The normalized spacial score (nSPS) is 17.3. The smallest absolute Gasteiger partial charge is 0.316 e. The van der Waals surface area contributed by atoms with Crippen molar-refractivity contribution in [3.05, 3.63) is 36.2 Å². The molecular formula is C24H34N4O4. The fraction of sp³-hybridized carbons (Fsp3) is 0.542. The maximum atomic E-state index is 11.4. The summed E-state index contributed by atoms with van der Waals surface area (Å²) in [7, 11) is 0. The molecule has 8 nitrogen and oxygen atoms in total. The van der Waals surface area contributed by atoms with Gasteiger partial charge in [-0.05, 0) is 63.6 Å². The van der Waals surface area contributed by atoms with Crippen molar-refractivity contribution in [2.45, 2.75) is 70.9 Å². The van der Waals surface area contributed by atoms with Crippen molar-refractivity contribution >= 4 is 23.0 Å². The third kappa shape index (κ3) is 5.68. The van der Waals surface area contributed by atoms with Crippen LogP contribution in [0.1, 0.15) is 64.9 Å². The second kappa shape index (κ2) is 10.2. The molecule has 2 aromatic rings. The number of aliphatic carboxylic acids is 1. The van der Waals surface area contributed by atoms with E-state index in [4.69, 9.17) is 4.74 Å². The molecule has 1 saturated heterocycles. The summed E-state index contributed by atoms with van der Waals surface area (Å²) < 4.78 is 5.33. The second-order valence-electron chi connectivity index (χ2n) is 8.80. The molecule has 1 unspecified atom stereocenters. The lowest BCUT2D eigenvalue weighted by atomic mass is 9.92. The predicted molar refractivity (Wildman–Crippen MR) is 125 cm³/mol. The second-order valence-corrected chi connectivity index (χ2v) is 8.80. The first-order valence-corrected chi connectivity index (χ1v) is 11.3. The number of carbonyl (C=O) groups is 1. The summed E-state index contributed by atoms with van der Waals surface area (Å²) >= 11 is 0. The number of nitrogens with zero attached hydrogens (tertiary/aromatic N) is 3. The Morgan fingerprint density at radius 2 is 2.03 bits per heavy atom. The topological polar surface area (TPSA) is 108 Å². The zero-order chi connectivity index (χ0) is 23.3. The minimum Gasteiger partial charge on any atom is -0.481 e. The summed E-state index contributed by atoms with van der Waals surface area (Å²) in [4.78, 5) is 22.1. The maximum absolute atomic E-state index is 11.4. The molecule has 8 heteroatoms. The molecule has 1 aliphatic heterocycles. The number of carboxylic acid groups (broad SMARTS) is 1. The number of hydrogen-bond acceptors (Lipinski definition) is 7. The van der Waals surface area contributed by atoms with Crippen LogP contribution in [0.25, 0.3) is 0 Å². The van der Waals surface area contributed by atoms with Crippen LogP contribution in [0.5, 0.6) is 6.01 Å². The third-order valence-corrected chi connectivity index (χ3v) is 5.96. The molecule has 174 valence electrons. The molecule has 0 radical (unpaired) electrons. The highest BCUT2D eigenvalue weighted by Crippen LogP contribution is 2.39. The summed E-state index contributed by atoms with van der Waals surface area (Å²) in [6.07, 6.45) is 6.05. The fourth-order valence-corrected chi connectivity index (χ4v) is 4.40. The number of benzene rings is 1. The number of nitrogens with one attached hydrogen (secondary N) is 1. The van der Waals surface area contributed by atoms with Crippen LogP contribution < -0.4 is 15.0 Å². The number of aliphatic hydroxyl groups is 1. The number of ether oxygens (including phenoxy) is 1. The van der Waals surface area contributed by atoms with Gasteiger partial charge in [-0.2, -0.15) is 0 Å². The zero-order valence-corrected chi connectivity index (χ0v) is 19.3. The van der Waals surface area contributed by atoms with E-state index in [0.717, 1.165) is 42.7 Å². The number of rotatable bonds is 10. The van der Waals surface area contributed by atoms with Crippen molar-refractivity contribution in [1.29, 1.82) is 0 Å². The van der Waals surface area contributed by atoms with Gasteiger partial charge >= 0.3 is 12.0 Å². The number of hydrogen-bond donors (Lipinski definition) is 3.